The first-order valence-corrected chi connectivity index (χ1v) is 8.58. The highest BCUT2D eigenvalue weighted by Crippen LogP contribution is 2.11. The van der Waals surface area contributed by atoms with E-state index in [1.54, 1.807) is 11.0 Å². The summed E-state index contributed by atoms with van der Waals surface area (Å²) in [6, 6.07) is 7.81. The summed E-state index contributed by atoms with van der Waals surface area (Å²) in [4.78, 5) is 17.0. The van der Waals surface area contributed by atoms with E-state index >= 15 is 0 Å². The first-order valence-electron chi connectivity index (χ1n) is 8.58. The third-order valence-corrected chi connectivity index (χ3v) is 4.39. The molecule has 0 saturated carbocycles. The molecular formula is C17H24N6O. The molecule has 0 spiro atoms. The zero-order valence-corrected chi connectivity index (χ0v) is 14.1. The lowest BCUT2D eigenvalue weighted by Crippen LogP contribution is -2.36. The number of rotatable bonds is 5. The molecule has 7 heteroatoms. The second kappa shape index (κ2) is 8.01. The zero-order valence-electron chi connectivity index (χ0n) is 14.1. The van der Waals surface area contributed by atoms with Gasteiger partial charge in [0, 0.05) is 19.6 Å². The summed E-state index contributed by atoms with van der Waals surface area (Å²) >= 11 is 0. The molecule has 1 aliphatic rings. The number of carbonyl (C=O) groups is 1. The van der Waals surface area contributed by atoms with Crippen molar-refractivity contribution in [2.45, 2.75) is 26.2 Å². The Balaban J connectivity index is 1.56. The summed E-state index contributed by atoms with van der Waals surface area (Å²) in [5, 5.41) is 11.1. The number of amides is 1. The fourth-order valence-corrected chi connectivity index (χ4v) is 3.09. The van der Waals surface area contributed by atoms with Crippen LogP contribution in [0, 0.1) is 0 Å². The van der Waals surface area contributed by atoms with Crippen LogP contribution in [0.3, 0.4) is 0 Å². The Kier molecular flexibility index (Phi) is 5.53. The van der Waals surface area contributed by atoms with Crippen molar-refractivity contribution in [2.75, 3.05) is 32.7 Å². The molecule has 1 aromatic carbocycles. The van der Waals surface area contributed by atoms with E-state index in [2.05, 4.69) is 27.3 Å². The maximum absolute atomic E-state index is 12.6. The molecule has 0 unspecified atom stereocenters. The molecule has 0 N–H and O–H groups in total. The average molecular weight is 328 g/mol. The zero-order chi connectivity index (χ0) is 16.8. The van der Waals surface area contributed by atoms with Gasteiger partial charge in [-0.15, -0.1) is 5.10 Å². The van der Waals surface area contributed by atoms with E-state index in [1.807, 2.05) is 29.2 Å². The van der Waals surface area contributed by atoms with Crippen LogP contribution < -0.4 is 0 Å². The molecular weight excluding hydrogens is 304 g/mol. The van der Waals surface area contributed by atoms with Crippen LogP contribution in [0.1, 0.15) is 25.3 Å². The summed E-state index contributed by atoms with van der Waals surface area (Å²) < 4.78 is 1.60. The second-order valence-electron chi connectivity index (χ2n) is 6.17. The van der Waals surface area contributed by atoms with Crippen molar-refractivity contribution >= 4 is 5.91 Å². The van der Waals surface area contributed by atoms with Gasteiger partial charge in [-0.2, -0.15) is 0 Å². The molecule has 1 saturated heterocycles. The molecule has 1 aliphatic heterocycles. The lowest BCUT2D eigenvalue weighted by Gasteiger charge is -2.21. The lowest BCUT2D eigenvalue weighted by atomic mass is 10.1. The van der Waals surface area contributed by atoms with E-state index in [9.17, 15) is 4.79 Å². The minimum Gasteiger partial charge on any atom is -0.341 e. The molecule has 0 atom stereocenters. The third-order valence-electron chi connectivity index (χ3n) is 4.39. The molecule has 24 heavy (non-hydrogen) atoms. The number of benzene rings is 1. The van der Waals surface area contributed by atoms with Crippen LogP contribution in [0.5, 0.6) is 0 Å². The van der Waals surface area contributed by atoms with Crippen molar-refractivity contribution in [3.63, 3.8) is 0 Å². The summed E-state index contributed by atoms with van der Waals surface area (Å²) in [6.45, 7) is 7.10. The van der Waals surface area contributed by atoms with E-state index in [-0.39, 0.29) is 5.91 Å². The van der Waals surface area contributed by atoms with Crippen molar-refractivity contribution < 1.29 is 4.79 Å². The van der Waals surface area contributed by atoms with Crippen molar-refractivity contribution in [3.8, 4) is 5.69 Å². The van der Waals surface area contributed by atoms with Crippen LogP contribution >= 0.6 is 0 Å². The molecule has 3 rings (SSSR count). The predicted molar refractivity (Wildman–Crippen MR) is 90.8 cm³/mol. The van der Waals surface area contributed by atoms with Crippen LogP contribution in [0.4, 0.5) is 0 Å². The highest BCUT2D eigenvalue weighted by atomic mass is 16.2. The quantitative estimate of drug-likeness (QED) is 0.824. The summed E-state index contributed by atoms with van der Waals surface area (Å²) in [5.41, 5.74) is 1.91. The highest BCUT2D eigenvalue weighted by molar-refractivity contribution is 5.78. The van der Waals surface area contributed by atoms with Crippen LogP contribution in [0.2, 0.25) is 0 Å². The number of hydrogen-bond acceptors (Lipinski definition) is 5. The molecule has 1 amide bonds. The van der Waals surface area contributed by atoms with Crippen LogP contribution in [-0.2, 0) is 11.2 Å². The van der Waals surface area contributed by atoms with E-state index in [0.717, 1.165) is 50.4 Å². The molecule has 0 radical (unpaired) electrons. The van der Waals surface area contributed by atoms with Gasteiger partial charge in [0.2, 0.25) is 5.91 Å². The minimum atomic E-state index is 0.212. The van der Waals surface area contributed by atoms with Gasteiger partial charge in [-0.3, -0.25) is 4.79 Å². The Morgan fingerprint density at radius 1 is 1.12 bits per heavy atom. The Bertz CT molecular complexity index is 640. The van der Waals surface area contributed by atoms with Crippen LogP contribution in [-0.4, -0.2) is 68.6 Å². The molecule has 1 aromatic heterocycles. The monoisotopic (exact) mass is 328 g/mol. The molecule has 128 valence electrons. The number of carbonyl (C=O) groups excluding carboxylic acids is 1. The Hall–Kier alpha value is -2.28. The fraction of sp³-hybridized carbons (Fsp3) is 0.529. The van der Waals surface area contributed by atoms with E-state index in [0.29, 0.717) is 6.42 Å². The van der Waals surface area contributed by atoms with Gasteiger partial charge in [0.1, 0.15) is 6.33 Å². The van der Waals surface area contributed by atoms with Gasteiger partial charge < -0.3 is 9.80 Å². The standard InChI is InChI=1S/C17H24N6O/c1-2-8-21-9-3-10-22(12-11-21)17(24)13-15-4-6-16(7-5-15)23-14-18-19-20-23/h4-7,14H,2-3,8-13H2,1H3. The number of tetrazole rings is 1. The third kappa shape index (κ3) is 4.17. The molecule has 1 fully saturated rings. The summed E-state index contributed by atoms with van der Waals surface area (Å²) in [7, 11) is 0. The van der Waals surface area contributed by atoms with Crippen molar-refractivity contribution in [3.05, 3.63) is 36.2 Å². The number of nitrogens with zero attached hydrogens (tertiary/aromatic N) is 6. The van der Waals surface area contributed by atoms with Gasteiger partial charge >= 0.3 is 0 Å². The molecule has 2 aromatic rings. The van der Waals surface area contributed by atoms with E-state index < -0.39 is 0 Å². The van der Waals surface area contributed by atoms with Gasteiger partial charge in [0.25, 0.3) is 0 Å². The number of hydrogen-bond donors (Lipinski definition) is 0. The Morgan fingerprint density at radius 3 is 2.67 bits per heavy atom. The molecule has 0 aliphatic carbocycles. The van der Waals surface area contributed by atoms with Gasteiger partial charge in [-0.05, 0) is 54.1 Å². The molecule has 7 nitrogen and oxygen atoms in total. The largest absolute Gasteiger partial charge is 0.341 e. The van der Waals surface area contributed by atoms with E-state index in [4.69, 9.17) is 0 Å². The maximum Gasteiger partial charge on any atom is 0.227 e. The Morgan fingerprint density at radius 2 is 1.96 bits per heavy atom. The Labute approximate surface area is 142 Å². The van der Waals surface area contributed by atoms with Crippen molar-refractivity contribution in [1.29, 1.82) is 0 Å². The SMILES string of the molecule is CCCN1CCCN(C(=O)Cc2ccc(-n3cnnn3)cc2)CC1. The van der Waals surface area contributed by atoms with Gasteiger partial charge in [-0.1, -0.05) is 19.1 Å². The van der Waals surface area contributed by atoms with E-state index in [1.165, 1.54) is 6.42 Å². The first kappa shape index (κ1) is 16.6. The second-order valence-corrected chi connectivity index (χ2v) is 6.17. The highest BCUT2D eigenvalue weighted by Gasteiger charge is 2.18. The van der Waals surface area contributed by atoms with Crippen molar-refractivity contribution in [2.24, 2.45) is 0 Å². The first-order chi connectivity index (χ1) is 11.8. The van der Waals surface area contributed by atoms with Gasteiger partial charge in [-0.25, -0.2) is 4.68 Å². The molecule has 2 heterocycles. The van der Waals surface area contributed by atoms with Crippen LogP contribution in [0.15, 0.2) is 30.6 Å². The maximum atomic E-state index is 12.6. The fourth-order valence-electron chi connectivity index (χ4n) is 3.09. The molecule has 0 bridgehead atoms. The minimum absolute atomic E-state index is 0.212. The topological polar surface area (TPSA) is 67.2 Å². The average Bonchev–Trinajstić information content (AvgIpc) is 3.03. The van der Waals surface area contributed by atoms with Gasteiger partial charge in [0.05, 0.1) is 12.1 Å². The summed E-state index contributed by atoms with van der Waals surface area (Å²) in [5.74, 6) is 0.212. The summed E-state index contributed by atoms with van der Waals surface area (Å²) in [6.07, 6.45) is 4.23. The number of aromatic nitrogens is 4. The van der Waals surface area contributed by atoms with Crippen LogP contribution in [0.25, 0.3) is 5.69 Å². The normalized spacial score (nSPS) is 16.1. The lowest BCUT2D eigenvalue weighted by molar-refractivity contribution is -0.130. The smallest absolute Gasteiger partial charge is 0.227 e. The van der Waals surface area contributed by atoms with Gasteiger partial charge in [0.15, 0.2) is 0 Å². The predicted octanol–water partition coefficient (Wildman–Crippen LogP) is 1.15. The van der Waals surface area contributed by atoms with Crippen molar-refractivity contribution in [1.82, 2.24) is 30.0 Å².